The van der Waals surface area contributed by atoms with Crippen LogP contribution in [0.5, 0.6) is 0 Å². The van der Waals surface area contributed by atoms with Gasteiger partial charge in [-0.2, -0.15) is 0 Å². The van der Waals surface area contributed by atoms with Gasteiger partial charge in [0.1, 0.15) is 0 Å². The molecule has 4 nitrogen and oxygen atoms in total. The second-order valence-electron chi connectivity index (χ2n) is 6.20. The molecule has 1 saturated carbocycles. The number of carbonyl (C=O) groups is 2. The molecule has 2 fully saturated rings. The first-order valence-corrected chi connectivity index (χ1v) is 7.64. The Morgan fingerprint density at radius 2 is 1.95 bits per heavy atom. The Kier molecular flexibility index (Phi) is 4.61. The summed E-state index contributed by atoms with van der Waals surface area (Å²) in [5.74, 6) is 1.21. The Hall–Kier alpha value is -0.900. The van der Waals surface area contributed by atoms with Gasteiger partial charge < -0.3 is 5.32 Å². The standard InChI is InChI=1S/C15H26N2O2/c1-4-17-14(18)9-13(15(17)19)16-12-8-6-5-7-11(12)10(2)3/h10-13,16H,4-9H2,1-3H3. The van der Waals surface area contributed by atoms with Crippen molar-refractivity contribution in [1.29, 1.82) is 0 Å². The largest absolute Gasteiger partial charge is 0.302 e. The van der Waals surface area contributed by atoms with Gasteiger partial charge in [0.2, 0.25) is 11.8 Å². The quantitative estimate of drug-likeness (QED) is 0.791. The number of nitrogens with one attached hydrogen (secondary N) is 1. The molecule has 108 valence electrons. The van der Waals surface area contributed by atoms with Gasteiger partial charge in [-0.05, 0) is 31.6 Å². The Labute approximate surface area is 115 Å². The molecule has 2 rings (SSSR count). The third kappa shape index (κ3) is 2.99. The molecule has 1 aliphatic heterocycles. The van der Waals surface area contributed by atoms with Gasteiger partial charge in [0.05, 0.1) is 12.5 Å². The highest BCUT2D eigenvalue weighted by molar-refractivity contribution is 6.05. The lowest BCUT2D eigenvalue weighted by molar-refractivity contribution is -0.138. The van der Waals surface area contributed by atoms with Crippen molar-refractivity contribution in [2.75, 3.05) is 6.54 Å². The van der Waals surface area contributed by atoms with E-state index in [1.165, 1.54) is 24.2 Å². The highest BCUT2D eigenvalue weighted by atomic mass is 16.2. The lowest BCUT2D eigenvalue weighted by Gasteiger charge is -2.36. The average molecular weight is 266 g/mol. The average Bonchev–Trinajstić information content (AvgIpc) is 2.64. The molecule has 0 aromatic carbocycles. The summed E-state index contributed by atoms with van der Waals surface area (Å²) >= 11 is 0. The monoisotopic (exact) mass is 266 g/mol. The van der Waals surface area contributed by atoms with Gasteiger partial charge in [0.25, 0.3) is 0 Å². The number of likely N-dealkylation sites (N-methyl/N-ethyl adjacent to an activating group) is 1. The van der Waals surface area contributed by atoms with Crippen LogP contribution in [0.4, 0.5) is 0 Å². The number of nitrogens with zero attached hydrogens (tertiary/aromatic N) is 1. The van der Waals surface area contributed by atoms with E-state index >= 15 is 0 Å². The van der Waals surface area contributed by atoms with Crippen molar-refractivity contribution in [2.24, 2.45) is 11.8 Å². The predicted molar refractivity (Wildman–Crippen MR) is 74.5 cm³/mol. The summed E-state index contributed by atoms with van der Waals surface area (Å²) in [7, 11) is 0. The van der Waals surface area contributed by atoms with Gasteiger partial charge >= 0.3 is 0 Å². The summed E-state index contributed by atoms with van der Waals surface area (Å²) in [4.78, 5) is 25.3. The smallest absolute Gasteiger partial charge is 0.246 e. The molecule has 0 aromatic rings. The number of imide groups is 1. The van der Waals surface area contributed by atoms with Gasteiger partial charge in [-0.25, -0.2) is 0 Å². The normalized spacial score (nSPS) is 32.4. The lowest BCUT2D eigenvalue weighted by Crippen LogP contribution is -2.49. The van der Waals surface area contributed by atoms with Gasteiger partial charge in [0.15, 0.2) is 0 Å². The number of rotatable bonds is 4. The second kappa shape index (κ2) is 6.04. The third-order valence-electron chi connectivity index (χ3n) is 4.65. The highest BCUT2D eigenvalue weighted by Gasteiger charge is 2.40. The molecule has 2 amide bonds. The van der Waals surface area contributed by atoms with Crippen molar-refractivity contribution in [3.05, 3.63) is 0 Å². The topological polar surface area (TPSA) is 49.4 Å². The molecule has 0 aromatic heterocycles. The first-order chi connectivity index (χ1) is 9.04. The minimum atomic E-state index is -0.281. The van der Waals surface area contributed by atoms with Crippen molar-refractivity contribution < 1.29 is 9.59 Å². The molecule has 3 unspecified atom stereocenters. The van der Waals surface area contributed by atoms with Crippen LogP contribution in [0.15, 0.2) is 0 Å². The van der Waals surface area contributed by atoms with Crippen LogP contribution in [0.25, 0.3) is 0 Å². The van der Waals surface area contributed by atoms with E-state index in [1.54, 1.807) is 0 Å². The minimum Gasteiger partial charge on any atom is -0.302 e. The van der Waals surface area contributed by atoms with Gasteiger partial charge in [-0.3, -0.25) is 14.5 Å². The molecule has 1 N–H and O–H groups in total. The molecule has 1 heterocycles. The fourth-order valence-electron chi connectivity index (χ4n) is 3.57. The summed E-state index contributed by atoms with van der Waals surface area (Å²) < 4.78 is 0. The zero-order chi connectivity index (χ0) is 14.0. The van der Waals surface area contributed by atoms with Crippen molar-refractivity contribution in [3.63, 3.8) is 0 Å². The van der Waals surface area contributed by atoms with E-state index < -0.39 is 0 Å². The van der Waals surface area contributed by atoms with Crippen molar-refractivity contribution in [2.45, 2.75) is 65.0 Å². The molecule has 2 aliphatic rings. The molecule has 0 bridgehead atoms. The van der Waals surface area contributed by atoms with Crippen molar-refractivity contribution in [3.8, 4) is 0 Å². The van der Waals surface area contributed by atoms with Gasteiger partial charge in [-0.1, -0.05) is 26.7 Å². The zero-order valence-corrected chi connectivity index (χ0v) is 12.3. The van der Waals surface area contributed by atoms with E-state index in [-0.39, 0.29) is 17.9 Å². The Bertz CT molecular complexity index is 354. The summed E-state index contributed by atoms with van der Waals surface area (Å²) in [6, 6.07) is 0.115. The second-order valence-corrected chi connectivity index (χ2v) is 6.20. The highest BCUT2D eigenvalue weighted by Crippen LogP contribution is 2.31. The lowest BCUT2D eigenvalue weighted by atomic mass is 9.77. The molecule has 0 spiro atoms. The molecular formula is C15H26N2O2. The van der Waals surface area contributed by atoms with Gasteiger partial charge in [-0.15, -0.1) is 0 Å². The summed E-state index contributed by atoms with van der Waals surface area (Å²) in [5.41, 5.74) is 0. The van der Waals surface area contributed by atoms with E-state index in [1.807, 2.05) is 6.92 Å². The molecule has 4 heteroatoms. The Balaban J connectivity index is 2.00. The van der Waals surface area contributed by atoms with Crippen LogP contribution in [0.1, 0.15) is 52.9 Å². The Morgan fingerprint density at radius 1 is 1.26 bits per heavy atom. The van der Waals surface area contributed by atoms with Crippen LogP contribution in [-0.2, 0) is 9.59 Å². The Morgan fingerprint density at radius 3 is 2.53 bits per heavy atom. The predicted octanol–water partition coefficient (Wildman–Crippen LogP) is 1.94. The van der Waals surface area contributed by atoms with Crippen LogP contribution in [0.2, 0.25) is 0 Å². The van der Waals surface area contributed by atoms with Crippen LogP contribution in [-0.4, -0.2) is 35.3 Å². The first kappa shape index (κ1) is 14.5. The summed E-state index contributed by atoms with van der Waals surface area (Å²) in [6.45, 7) is 6.86. The van der Waals surface area contributed by atoms with E-state index in [9.17, 15) is 9.59 Å². The van der Waals surface area contributed by atoms with E-state index in [0.717, 1.165) is 6.42 Å². The number of hydrogen-bond acceptors (Lipinski definition) is 3. The summed E-state index contributed by atoms with van der Waals surface area (Å²) in [5, 5.41) is 3.48. The third-order valence-corrected chi connectivity index (χ3v) is 4.65. The van der Waals surface area contributed by atoms with E-state index in [4.69, 9.17) is 0 Å². The fraction of sp³-hybridized carbons (Fsp3) is 0.867. The molecule has 19 heavy (non-hydrogen) atoms. The number of hydrogen-bond donors (Lipinski definition) is 1. The molecule has 1 aliphatic carbocycles. The van der Waals surface area contributed by atoms with Gasteiger partial charge in [0, 0.05) is 12.6 Å². The zero-order valence-electron chi connectivity index (χ0n) is 12.3. The van der Waals surface area contributed by atoms with Crippen LogP contribution < -0.4 is 5.32 Å². The molecule has 3 atom stereocenters. The minimum absolute atomic E-state index is 0.0260. The maximum Gasteiger partial charge on any atom is 0.246 e. The van der Waals surface area contributed by atoms with Crippen LogP contribution in [0, 0.1) is 11.8 Å². The molecular weight excluding hydrogens is 240 g/mol. The SMILES string of the molecule is CCN1C(=O)CC(NC2CCCCC2C(C)C)C1=O. The number of likely N-dealkylation sites (tertiary alicyclic amines) is 1. The fourth-order valence-corrected chi connectivity index (χ4v) is 3.57. The van der Waals surface area contributed by atoms with Crippen LogP contribution >= 0.6 is 0 Å². The summed E-state index contributed by atoms with van der Waals surface area (Å²) in [6.07, 6.45) is 5.23. The maximum absolute atomic E-state index is 12.1. The van der Waals surface area contributed by atoms with E-state index in [2.05, 4.69) is 19.2 Å². The van der Waals surface area contributed by atoms with E-state index in [0.29, 0.717) is 30.8 Å². The molecule has 1 saturated heterocycles. The number of carbonyl (C=O) groups excluding carboxylic acids is 2. The van der Waals surface area contributed by atoms with Crippen LogP contribution in [0.3, 0.4) is 0 Å². The maximum atomic E-state index is 12.1. The number of amides is 2. The van der Waals surface area contributed by atoms with Crippen molar-refractivity contribution >= 4 is 11.8 Å². The van der Waals surface area contributed by atoms with Crippen molar-refractivity contribution in [1.82, 2.24) is 10.2 Å². The molecule has 0 radical (unpaired) electrons. The first-order valence-electron chi connectivity index (χ1n) is 7.64.